The van der Waals surface area contributed by atoms with E-state index in [-0.39, 0.29) is 0 Å². The number of aromatic nitrogens is 2. The Kier molecular flexibility index (Phi) is 5.10. The first-order chi connectivity index (χ1) is 9.24. The van der Waals surface area contributed by atoms with Crippen LogP contribution in [-0.4, -0.2) is 48.2 Å². The molecule has 1 aromatic rings. The summed E-state index contributed by atoms with van der Waals surface area (Å²) in [6.45, 7) is 0.882. The van der Waals surface area contributed by atoms with Crippen molar-refractivity contribution in [2.24, 2.45) is 0 Å². The molecule has 2 atom stereocenters. The second-order valence-electron chi connectivity index (χ2n) is 5.24. The molecule has 0 aliphatic heterocycles. The summed E-state index contributed by atoms with van der Waals surface area (Å²) in [7, 11) is 5.83. The van der Waals surface area contributed by atoms with Crippen LogP contribution < -0.4 is 10.1 Å². The van der Waals surface area contributed by atoms with Crippen molar-refractivity contribution in [2.45, 2.75) is 44.3 Å². The molecule has 5 heteroatoms. The molecule has 1 aliphatic carbocycles. The molecule has 0 bridgehead atoms. The first-order valence-electron chi connectivity index (χ1n) is 6.97. The molecule has 1 aromatic heterocycles. The van der Waals surface area contributed by atoms with Crippen LogP contribution in [0.15, 0.2) is 12.4 Å². The summed E-state index contributed by atoms with van der Waals surface area (Å²) in [5.74, 6) is 0. The Bertz CT molecular complexity index is 382. The fourth-order valence-corrected chi connectivity index (χ4v) is 2.91. The standard InChI is InChI=1S/C14H24N4O/c1-15-12-6-4-5-7-13(12)18(2)10-11-8-16-14(19-3)17-9-11/h8-9,12-13,15H,4-7,10H2,1-3H3. The van der Waals surface area contributed by atoms with Crippen LogP contribution in [0, 0.1) is 0 Å². The Labute approximate surface area is 115 Å². The highest BCUT2D eigenvalue weighted by atomic mass is 16.5. The van der Waals surface area contributed by atoms with Gasteiger partial charge in [-0.15, -0.1) is 0 Å². The van der Waals surface area contributed by atoms with Gasteiger partial charge in [0.15, 0.2) is 0 Å². The van der Waals surface area contributed by atoms with Gasteiger partial charge >= 0.3 is 6.01 Å². The lowest BCUT2D eigenvalue weighted by Crippen LogP contribution is -2.49. The third-order valence-corrected chi connectivity index (χ3v) is 3.96. The summed E-state index contributed by atoms with van der Waals surface area (Å²) in [5, 5.41) is 3.45. The maximum Gasteiger partial charge on any atom is 0.316 e. The molecular formula is C14H24N4O. The van der Waals surface area contributed by atoms with Crippen molar-refractivity contribution in [2.75, 3.05) is 21.2 Å². The zero-order valence-corrected chi connectivity index (χ0v) is 12.1. The number of hydrogen-bond donors (Lipinski definition) is 1. The van der Waals surface area contributed by atoms with E-state index in [0.29, 0.717) is 18.1 Å². The smallest absolute Gasteiger partial charge is 0.316 e. The van der Waals surface area contributed by atoms with Gasteiger partial charge in [-0.3, -0.25) is 4.90 Å². The quantitative estimate of drug-likeness (QED) is 0.872. The average Bonchev–Trinajstić information content (AvgIpc) is 2.48. The zero-order chi connectivity index (χ0) is 13.7. The minimum absolute atomic E-state index is 0.428. The molecule has 2 rings (SSSR count). The number of methoxy groups -OCH3 is 1. The van der Waals surface area contributed by atoms with E-state index in [1.54, 1.807) is 7.11 Å². The number of ether oxygens (including phenoxy) is 1. The Morgan fingerprint density at radius 3 is 2.63 bits per heavy atom. The summed E-state index contributed by atoms with van der Waals surface area (Å²) in [4.78, 5) is 10.7. The van der Waals surface area contributed by atoms with E-state index in [4.69, 9.17) is 4.74 Å². The second-order valence-corrected chi connectivity index (χ2v) is 5.24. The Balaban J connectivity index is 1.96. The lowest BCUT2D eigenvalue weighted by Gasteiger charge is -2.37. The molecular weight excluding hydrogens is 240 g/mol. The van der Waals surface area contributed by atoms with Gasteiger partial charge in [-0.2, -0.15) is 0 Å². The van der Waals surface area contributed by atoms with Crippen LogP contribution in [0.5, 0.6) is 6.01 Å². The second kappa shape index (κ2) is 6.82. The van der Waals surface area contributed by atoms with Crippen molar-refractivity contribution >= 4 is 0 Å². The largest absolute Gasteiger partial charge is 0.467 e. The van der Waals surface area contributed by atoms with Crippen LogP contribution in [0.3, 0.4) is 0 Å². The van der Waals surface area contributed by atoms with Gasteiger partial charge in [-0.05, 0) is 26.9 Å². The zero-order valence-electron chi connectivity index (χ0n) is 12.1. The molecule has 2 unspecified atom stereocenters. The summed E-state index contributed by atoms with van der Waals surface area (Å²) >= 11 is 0. The molecule has 0 radical (unpaired) electrons. The van der Waals surface area contributed by atoms with Gasteiger partial charge in [0.2, 0.25) is 0 Å². The van der Waals surface area contributed by atoms with Gasteiger partial charge < -0.3 is 10.1 Å². The minimum atomic E-state index is 0.428. The van der Waals surface area contributed by atoms with Gasteiger partial charge in [0.25, 0.3) is 0 Å². The number of hydrogen-bond acceptors (Lipinski definition) is 5. The van der Waals surface area contributed by atoms with Gasteiger partial charge in [0.1, 0.15) is 0 Å². The molecule has 0 spiro atoms. The van der Waals surface area contributed by atoms with Crippen molar-refractivity contribution in [3.63, 3.8) is 0 Å². The monoisotopic (exact) mass is 264 g/mol. The number of nitrogens with one attached hydrogen (secondary N) is 1. The molecule has 0 aromatic carbocycles. The van der Waals surface area contributed by atoms with Crippen LogP contribution in [0.4, 0.5) is 0 Å². The van der Waals surface area contributed by atoms with Crippen molar-refractivity contribution in [1.82, 2.24) is 20.2 Å². The van der Waals surface area contributed by atoms with Crippen LogP contribution in [0.25, 0.3) is 0 Å². The van der Waals surface area contributed by atoms with Crippen LogP contribution in [-0.2, 0) is 6.54 Å². The first-order valence-corrected chi connectivity index (χ1v) is 6.97. The third kappa shape index (κ3) is 3.64. The van der Waals surface area contributed by atoms with Crippen molar-refractivity contribution in [3.8, 4) is 6.01 Å². The Hall–Kier alpha value is -1.20. The highest BCUT2D eigenvalue weighted by molar-refractivity contribution is 5.07. The fourth-order valence-electron chi connectivity index (χ4n) is 2.91. The molecule has 1 saturated carbocycles. The number of rotatable bonds is 5. The number of likely N-dealkylation sites (N-methyl/N-ethyl adjacent to an activating group) is 2. The molecule has 19 heavy (non-hydrogen) atoms. The molecule has 106 valence electrons. The van der Waals surface area contributed by atoms with E-state index in [9.17, 15) is 0 Å². The number of nitrogens with zero attached hydrogens (tertiary/aromatic N) is 3. The maximum atomic E-state index is 4.98. The predicted molar refractivity (Wildman–Crippen MR) is 75.2 cm³/mol. The molecule has 1 fully saturated rings. The van der Waals surface area contributed by atoms with E-state index in [0.717, 1.165) is 12.1 Å². The van der Waals surface area contributed by atoms with E-state index in [1.807, 2.05) is 12.4 Å². The third-order valence-electron chi connectivity index (χ3n) is 3.96. The first kappa shape index (κ1) is 14.2. The predicted octanol–water partition coefficient (Wildman–Crippen LogP) is 1.45. The Morgan fingerprint density at radius 1 is 1.32 bits per heavy atom. The van der Waals surface area contributed by atoms with Crippen LogP contribution in [0.1, 0.15) is 31.2 Å². The minimum Gasteiger partial charge on any atom is -0.467 e. The van der Waals surface area contributed by atoms with E-state index in [1.165, 1.54) is 25.7 Å². The van der Waals surface area contributed by atoms with E-state index < -0.39 is 0 Å². The molecule has 0 amide bonds. The summed E-state index contributed by atoms with van der Waals surface area (Å²) < 4.78 is 4.98. The normalized spacial score (nSPS) is 23.6. The van der Waals surface area contributed by atoms with Crippen LogP contribution in [0.2, 0.25) is 0 Å². The van der Waals surface area contributed by atoms with Crippen molar-refractivity contribution in [1.29, 1.82) is 0 Å². The van der Waals surface area contributed by atoms with E-state index >= 15 is 0 Å². The molecule has 1 heterocycles. The molecule has 1 aliphatic rings. The summed E-state index contributed by atoms with van der Waals surface area (Å²) in [5.41, 5.74) is 1.13. The van der Waals surface area contributed by atoms with E-state index in [2.05, 4.69) is 34.3 Å². The topological polar surface area (TPSA) is 50.3 Å². The van der Waals surface area contributed by atoms with Crippen LogP contribution >= 0.6 is 0 Å². The van der Waals surface area contributed by atoms with Crippen molar-refractivity contribution < 1.29 is 4.74 Å². The highest BCUT2D eigenvalue weighted by Gasteiger charge is 2.26. The lowest BCUT2D eigenvalue weighted by molar-refractivity contribution is 0.147. The summed E-state index contributed by atoms with van der Waals surface area (Å²) in [6.07, 6.45) is 8.89. The molecule has 5 nitrogen and oxygen atoms in total. The van der Waals surface area contributed by atoms with Gasteiger partial charge in [-0.1, -0.05) is 12.8 Å². The maximum absolute atomic E-state index is 4.98. The lowest BCUT2D eigenvalue weighted by atomic mass is 9.89. The highest BCUT2D eigenvalue weighted by Crippen LogP contribution is 2.23. The average molecular weight is 264 g/mol. The molecule has 0 saturated heterocycles. The fraction of sp³-hybridized carbons (Fsp3) is 0.714. The Morgan fingerprint density at radius 2 is 2.00 bits per heavy atom. The van der Waals surface area contributed by atoms with Gasteiger partial charge in [0.05, 0.1) is 7.11 Å². The molecule has 1 N–H and O–H groups in total. The SMILES string of the molecule is CNC1CCCCC1N(C)Cc1cnc(OC)nc1. The van der Waals surface area contributed by atoms with Crippen molar-refractivity contribution in [3.05, 3.63) is 18.0 Å². The van der Waals surface area contributed by atoms with Gasteiger partial charge in [0, 0.05) is 36.6 Å². The van der Waals surface area contributed by atoms with Gasteiger partial charge in [-0.25, -0.2) is 9.97 Å². The summed E-state index contributed by atoms with van der Waals surface area (Å²) in [6, 6.07) is 1.62.